The van der Waals surface area contributed by atoms with E-state index in [9.17, 15) is 18.0 Å². The van der Waals surface area contributed by atoms with Gasteiger partial charge < -0.3 is 10.2 Å². The average Bonchev–Trinajstić information content (AvgIpc) is 3.55. The number of carbonyl (C=O) groups is 2. The van der Waals surface area contributed by atoms with Gasteiger partial charge in [-0.25, -0.2) is 8.42 Å². The van der Waals surface area contributed by atoms with Crippen molar-refractivity contribution < 1.29 is 18.0 Å². The minimum absolute atomic E-state index is 0.0435. The number of hydrogen-bond donors (Lipinski definition) is 1. The summed E-state index contributed by atoms with van der Waals surface area (Å²) in [5, 5.41) is 3.76. The summed E-state index contributed by atoms with van der Waals surface area (Å²) >= 11 is 6.19. The van der Waals surface area contributed by atoms with E-state index in [-0.39, 0.29) is 29.8 Å². The van der Waals surface area contributed by atoms with Crippen molar-refractivity contribution in [3.63, 3.8) is 0 Å². The van der Waals surface area contributed by atoms with Crippen LogP contribution in [-0.2, 0) is 32.6 Å². The molecule has 246 valence electrons. The molecule has 0 heterocycles. The van der Waals surface area contributed by atoms with Crippen molar-refractivity contribution in [2.75, 3.05) is 10.8 Å². The van der Waals surface area contributed by atoms with E-state index in [0.717, 1.165) is 53.5 Å². The van der Waals surface area contributed by atoms with E-state index >= 15 is 0 Å². The molecule has 0 spiro atoms. The van der Waals surface area contributed by atoms with Crippen LogP contribution < -0.4 is 9.62 Å². The lowest BCUT2D eigenvalue weighted by atomic mass is 10.0. The van der Waals surface area contributed by atoms with E-state index in [1.54, 1.807) is 48.5 Å². The van der Waals surface area contributed by atoms with Gasteiger partial charge >= 0.3 is 0 Å². The van der Waals surface area contributed by atoms with Crippen molar-refractivity contribution in [1.82, 2.24) is 10.2 Å². The van der Waals surface area contributed by atoms with Crippen LogP contribution in [0.25, 0.3) is 0 Å². The molecule has 1 saturated carbocycles. The lowest BCUT2D eigenvalue weighted by Gasteiger charge is -2.34. The van der Waals surface area contributed by atoms with Gasteiger partial charge in [-0.1, -0.05) is 90.7 Å². The normalized spacial score (nSPS) is 14.0. The van der Waals surface area contributed by atoms with Crippen LogP contribution in [0.5, 0.6) is 0 Å². The first-order chi connectivity index (χ1) is 22.5. The van der Waals surface area contributed by atoms with Gasteiger partial charge in [0.2, 0.25) is 11.8 Å². The molecule has 0 radical (unpaired) electrons. The Labute approximate surface area is 283 Å². The fourth-order valence-electron chi connectivity index (χ4n) is 6.17. The number of anilines is 1. The number of aryl methyl sites for hydroxylation is 3. The van der Waals surface area contributed by atoms with Crippen molar-refractivity contribution in [2.45, 2.75) is 76.4 Å². The summed E-state index contributed by atoms with van der Waals surface area (Å²) in [6, 6.07) is 28.0. The topological polar surface area (TPSA) is 86.8 Å². The summed E-state index contributed by atoms with van der Waals surface area (Å²) in [6.07, 6.45) is 4.15. The molecule has 1 fully saturated rings. The van der Waals surface area contributed by atoms with Crippen LogP contribution in [0.2, 0.25) is 5.02 Å². The predicted octanol–water partition coefficient (Wildman–Crippen LogP) is 7.16. The highest BCUT2D eigenvalue weighted by atomic mass is 35.5. The van der Waals surface area contributed by atoms with E-state index in [2.05, 4.69) is 5.32 Å². The third kappa shape index (κ3) is 8.82. The number of sulfonamides is 1. The second-order valence-electron chi connectivity index (χ2n) is 12.5. The van der Waals surface area contributed by atoms with Gasteiger partial charge in [0.25, 0.3) is 10.0 Å². The van der Waals surface area contributed by atoms with Gasteiger partial charge in [0.05, 0.1) is 10.6 Å². The predicted molar refractivity (Wildman–Crippen MR) is 188 cm³/mol. The second kappa shape index (κ2) is 15.2. The van der Waals surface area contributed by atoms with Gasteiger partial charge in [0.15, 0.2) is 0 Å². The van der Waals surface area contributed by atoms with E-state index in [1.807, 2.05) is 69.3 Å². The molecular formula is C38H42ClN3O4S. The molecule has 7 nitrogen and oxygen atoms in total. The van der Waals surface area contributed by atoms with Gasteiger partial charge in [-0.2, -0.15) is 0 Å². The molecule has 0 aromatic heterocycles. The zero-order valence-electron chi connectivity index (χ0n) is 27.2. The Kier molecular flexibility index (Phi) is 11.0. The number of nitrogens with zero attached hydrogens (tertiary/aromatic N) is 2. The molecule has 1 atom stereocenters. The first-order valence-corrected chi connectivity index (χ1v) is 17.9. The smallest absolute Gasteiger partial charge is 0.264 e. The van der Waals surface area contributed by atoms with Gasteiger partial charge in [-0.05, 0) is 92.3 Å². The van der Waals surface area contributed by atoms with Crippen LogP contribution in [0, 0.1) is 20.8 Å². The summed E-state index contributed by atoms with van der Waals surface area (Å²) < 4.78 is 29.8. The summed E-state index contributed by atoms with van der Waals surface area (Å²) in [5.74, 6) is -0.736. The third-order valence-electron chi connectivity index (χ3n) is 8.62. The fraction of sp³-hybridized carbons (Fsp3) is 0.316. The van der Waals surface area contributed by atoms with Crippen LogP contribution in [0.4, 0.5) is 5.69 Å². The number of rotatable bonds is 12. The highest BCUT2D eigenvalue weighted by molar-refractivity contribution is 7.92. The summed E-state index contributed by atoms with van der Waals surface area (Å²) in [4.78, 5) is 30.4. The Morgan fingerprint density at radius 1 is 0.809 bits per heavy atom. The highest BCUT2D eigenvalue weighted by Crippen LogP contribution is 2.28. The molecule has 2 amide bonds. The summed E-state index contributed by atoms with van der Waals surface area (Å²) in [7, 11) is -4.17. The van der Waals surface area contributed by atoms with E-state index < -0.39 is 28.5 Å². The first kappa shape index (κ1) is 34.2. The molecule has 5 rings (SSSR count). The molecule has 47 heavy (non-hydrogen) atoms. The molecule has 0 saturated heterocycles. The third-order valence-corrected chi connectivity index (χ3v) is 10.7. The molecular weight excluding hydrogens is 630 g/mol. The minimum Gasteiger partial charge on any atom is -0.352 e. The first-order valence-electron chi connectivity index (χ1n) is 16.1. The second-order valence-corrected chi connectivity index (χ2v) is 14.8. The summed E-state index contributed by atoms with van der Waals surface area (Å²) in [5.41, 5.74) is 4.71. The van der Waals surface area contributed by atoms with Crippen LogP contribution in [0.1, 0.15) is 53.5 Å². The van der Waals surface area contributed by atoms with Crippen molar-refractivity contribution in [1.29, 1.82) is 0 Å². The van der Waals surface area contributed by atoms with Crippen LogP contribution >= 0.6 is 11.6 Å². The largest absolute Gasteiger partial charge is 0.352 e. The Hall–Kier alpha value is -4.14. The maximum Gasteiger partial charge on any atom is 0.264 e. The molecule has 1 N–H and O–H groups in total. The lowest BCUT2D eigenvalue weighted by molar-refractivity contribution is -0.140. The van der Waals surface area contributed by atoms with Crippen molar-refractivity contribution in [3.8, 4) is 0 Å². The van der Waals surface area contributed by atoms with E-state index in [1.165, 1.54) is 9.21 Å². The number of nitrogens with one attached hydrogen (secondary N) is 1. The molecule has 4 aromatic carbocycles. The SMILES string of the molecule is Cc1ccc(S(=O)(=O)N(CC(=O)N(Cc2ccc(Cl)cc2)[C@@H](Cc2ccccc2)C(=O)NC2CCCC2)c2cc(C)cc(C)c2)cc1. The number of halogens is 1. The van der Waals surface area contributed by atoms with Crippen LogP contribution in [0.15, 0.2) is 102 Å². The zero-order chi connectivity index (χ0) is 33.6. The Balaban J connectivity index is 1.58. The molecule has 4 aromatic rings. The maximum absolute atomic E-state index is 14.7. The maximum atomic E-state index is 14.7. The van der Waals surface area contributed by atoms with E-state index in [4.69, 9.17) is 11.6 Å². The van der Waals surface area contributed by atoms with Crippen LogP contribution in [0.3, 0.4) is 0 Å². The van der Waals surface area contributed by atoms with Gasteiger partial charge in [-0.3, -0.25) is 13.9 Å². The number of benzene rings is 4. The summed E-state index contributed by atoms with van der Waals surface area (Å²) in [6.45, 7) is 5.28. The molecule has 1 aliphatic carbocycles. The molecule has 1 aliphatic rings. The highest BCUT2D eigenvalue weighted by Gasteiger charge is 2.35. The van der Waals surface area contributed by atoms with Gasteiger partial charge in [-0.15, -0.1) is 0 Å². The van der Waals surface area contributed by atoms with Gasteiger partial charge in [0, 0.05) is 24.0 Å². The number of carbonyl (C=O) groups excluding carboxylic acids is 2. The number of hydrogen-bond acceptors (Lipinski definition) is 4. The quantitative estimate of drug-likeness (QED) is 0.173. The Morgan fingerprint density at radius 3 is 2.04 bits per heavy atom. The van der Waals surface area contributed by atoms with E-state index in [0.29, 0.717) is 10.7 Å². The van der Waals surface area contributed by atoms with Crippen molar-refractivity contribution >= 4 is 39.1 Å². The molecule has 0 unspecified atom stereocenters. The molecule has 9 heteroatoms. The minimum atomic E-state index is -4.17. The fourth-order valence-corrected chi connectivity index (χ4v) is 7.69. The zero-order valence-corrected chi connectivity index (χ0v) is 28.7. The average molecular weight is 672 g/mol. The van der Waals surface area contributed by atoms with Gasteiger partial charge in [0.1, 0.15) is 12.6 Å². The Bertz CT molecular complexity index is 1770. The number of amides is 2. The lowest BCUT2D eigenvalue weighted by Crippen LogP contribution is -2.54. The van der Waals surface area contributed by atoms with Crippen molar-refractivity contribution in [3.05, 3.63) is 130 Å². The monoisotopic (exact) mass is 671 g/mol. The standard InChI is InChI=1S/C38H42ClN3O4S/c1-27-13-19-35(20-14-27)47(45,46)42(34-22-28(2)21-29(3)23-34)26-37(43)41(25-31-15-17-32(39)18-16-31)36(24-30-9-5-4-6-10-30)38(44)40-33-11-7-8-12-33/h4-6,9-10,13-23,33,36H,7-8,11-12,24-26H2,1-3H3,(H,40,44)/t36-/m0/s1. The molecule has 0 bridgehead atoms. The Morgan fingerprint density at radius 2 is 1.43 bits per heavy atom. The van der Waals surface area contributed by atoms with Crippen molar-refractivity contribution in [2.24, 2.45) is 0 Å². The molecule has 0 aliphatic heterocycles. The van der Waals surface area contributed by atoms with Crippen LogP contribution in [-0.4, -0.2) is 43.8 Å².